The fourth-order valence-corrected chi connectivity index (χ4v) is 2.94. The predicted octanol–water partition coefficient (Wildman–Crippen LogP) is 1.12. The predicted molar refractivity (Wildman–Crippen MR) is 71.4 cm³/mol. The first-order chi connectivity index (χ1) is 8.79. The van der Waals surface area contributed by atoms with E-state index in [2.05, 4.69) is 14.9 Å². The van der Waals surface area contributed by atoms with Crippen LogP contribution in [-0.2, 0) is 4.74 Å². The highest BCUT2D eigenvalue weighted by atomic mass is 32.1. The molecule has 2 aromatic heterocycles. The lowest BCUT2D eigenvalue weighted by Crippen LogP contribution is -2.36. The van der Waals surface area contributed by atoms with E-state index >= 15 is 0 Å². The van der Waals surface area contributed by atoms with Crippen LogP contribution >= 0.6 is 11.3 Å². The van der Waals surface area contributed by atoms with E-state index in [0.29, 0.717) is 11.0 Å². The Morgan fingerprint density at radius 3 is 2.94 bits per heavy atom. The molecule has 0 spiro atoms. The van der Waals surface area contributed by atoms with Gasteiger partial charge in [-0.1, -0.05) is 11.3 Å². The van der Waals surface area contributed by atoms with Gasteiger partial charge in [0.05, 0.1) is 36.9 Å². The van der Waals surface area contributed by atoms with E-state index in [-0.39, 0.29) is 0 Å². The van der Waals surface area contributed by atoms with Gasteiger partial charge in [0.15, 0.2) is 5.13 Å². The van der Waals surface area contributed by atoms with Crippen molar-refractivity contribution in [3.05, 3.63) is 6.20 Å². The quantitative estimate of drug-likeness (QED) is 0.878. The van der Waals surface area contributed by atoms with Crippen molar-refractivity contribution in [2.24, 2.45) is 0 Å². The molecule has 1 saturated heterocycles. The number of aromatic nitrogens is 2. The summed E-state index contributed by atoms with van der Waals surface area (Å²) in [5, 5.41) is 0.533. The highest BCUT2D eigenvalue weighted by Gasteiger charge is 2.19. The van der Waals surface area contributed by atoms with Crippen molar-refractivity contribution in [1.29, 1.82) is 0 Å². The van der Waals surface area contributed by atoms with Crippen LogP contribution in [0, 0.1) is 0 Å². The number of nitrogen functional groups attached to an aromatic ring is 1. The van der Waals surface area contributed by atoms with E-state index in [0.717, 1.165) is 42.2 Å². The normalized spacial score (nSPS) is 16.2. The number of hydrogen-bond acceptors (Lipinski definition) is 7. The number of anilines is 2. The van der Waals surface area contributed by atoms with Gasteiger partial charge in [0, 0.05) is 13.1 Å². The van der Waals surface area contributed by atoms with Crippen molar-refractivity contribution in [2.75, 3.05) is 44.0 Å². The number of hydrogen-bond donors (Lipinski definition) is 1. The van der Waals surface area contributed by atoms with E-state index in [1.165, 1.54) is 11.3 Å². The molecule has 0 radical (unpaired) electrons. The Balaban J connectivity index is 2.11. The molecule has 2 N–H and O–H groups in total. The maximum absolute atomic E-state index is 5.79. The molecule has 0 atom stereocenters. The molecule has 0 bridgehead atoms. The van der Waals surface area contributed by atoms with E-state index in [1.807, 2.05) is 6.20 Å². The number of nitrogens with two attached hydrogens (primary N) is 1. The fraction of sp³-hybridized carbons (Fsp3) is 0.455. The summed E-state index contributed by atoms with van der Waals surface area (Å²) >= 11 is 1.47. The van der Waals surface area contributed by atoms with Crippen LogP contribution in [0.3, 0.4) is 0 Å². The van der Waals surface area contributed by atoms with Gasteiger partial charge in [0.1, 0.15) is 5.52 Å². The Labute approximate surface area is 108 Å². The average Bonchev–Trinajstić information content (AvgIpc) is 2.80. The van der Waals surface area contributed by atoms with Gasteiger partial charge in [-0.25, -0.2) is 9.97 Å². The van der Waals surface area contributed by atoms with Gasteiger partial charge in [0.25, 0.3) is 0 Å². The molecule has 96 valence electrons. The molecule has 3 heterocycles. The lowest BCUT2D eigenvalue weighted by molar-refractivity contribution is 0.123. The molecule has 3 rings (SSSR count). The van der Waals surface area contributed by atoms with E-state index in [4.69, 9.17) is 15.2 Å². The standard InChI is InChI=1S/C11H14N4O2S/c1-16-10-8-9(18-11(12)14-8)7(6-13-10)15-2-4-17-5-3-15/h6H,2-5H2,1H3,(H2,12,14). The van der Waals surface area contributed by atoms with Gasteiger partial charge in [-0.05, 0) is 0 Å². The molecule has 2 aromatic rings. The minimum absolute atomic E-state index is 0.523. The van der Waals surface area contributed by atoms with Crippen LogP contribution in [0.2, 0.25) is 0 Å². The largest absolute Gasteiger partial charge is 0.479 e. The number of nitrogens with zero attached hydrogens (tertiary/aromatic N) is 3. The number of morpholine rings is 1. The highest BCUT2D eigenvalue weighted by molar-refractivity contribution is 7.22. The molecular formula is C11H14N4O2S. The summed E-state index contributed by atoms with van der Waals surface area (Å²) in [5.74, 6) is 0.523. The molecule has 6 nitrogen and oxygen atoms in total. The first-order valence-electron chi connectivity index (χ1n) is 5.71. The van der Waals surface area contributed by atoms with Gasteiger partial charge in [-0.2, -0.15) is 0 Å². The van der Waals surface area contributed by atoms with Gasteiger partial charge in [-0.3, -0.25) is 0 Å². The first kappa shape index (κ1) is 11.5. The summed E-state index contributed by atoms with van der Waals surface area (Å²) in [7, 11) is 1.59. The summed E-state index contributed by atoms with van der Waals surface area (Å²) in [4.78, 5) is 10.8. The molecule has 18 heavy (non-hydrogen) atoms. The summed E-state index contributed by atoms with van der Waals surface area (Å²) in [6.07, 6.45) is 1.82. The lowest BCUT2D eigenvalue weighted by atomic mass is 10.3. The summed E-state index contributed by atoms with van der Waals surface area (Å²) in [6, 6.07) is 0. The van der Waals surface area contributed by atoms with E-state index in [9.17, 15) is 0 Å². The third kappa shape index (κ3) is 1.85. The highest BCUT2D eigenvalue weighted by Crippen LogP contribution is 2.36. The zero-order valence-electron chi connectivity index (χ0n) is 10.0. The molecule has 1 fully saturated rings. The SMILES string of the molecule is COc1ncc(N2CCOCC2)c2sc(N)nc12. The van der Waals surface area contributed by atoms with Crippen molar-refractivity contribution < 1.29 is 9.47 Å². The number of rotatable bonds is 2. The van der Waals surface area contributed by atoms with E-state index in [1.54, 1.807) is 7.11 Å². The fourth-order valence-electron chi connectivity index (χ4n) is 2.07. The molecule has 0 aliphatic carbocycles. The number of ether oxygens (including phenoxy) is 2. The Bertz CT molecular complexity index is 565. The second-order valence-electron chi connectivity index (χ2n) is 3.98. The zero-order valence-corrected chi connectivity index (χ0v) is 10.9. The summed E-state index contributed by atoms with van der Waals surface area (Å²) in [5.41, 5.74) is 7.59. The smallest absolute Gasteiger partial charge is 0.241 e. The molecule has 0 aromatic carbocycles. The molecule has 0 saturated carbocycles. The Morgan fingerprint density at radius 1 is 1.44 bits per heavy atom. The molecule has 1 aliphatic heterocycles. The Hall–Kier alpha value is -1.60. The second-order valence-corrected chi connectivity index (χ2v) is 5.01. The van der Waals surface area contributed by atoms with Crippen molar-refractivity contribution in [3.8, 4) is 5.88 Å². The zero-order chi connectivity index (χ0) is 12.5. The van der Waals surface area contributed by atoms with Crippen LogP contribution in [0.1, 0.15) is 0 Å². The topological polar surface area (TPSA) is 73.5 Å². The first-order valence-corrected chi connectivity index (χ1v) is 6.53. The maximum atomic E-state index is 5.79. The lowest BCUT2D eigenvalue weighted by Gasteiger charge is -2.28. The number of methoxy groups -OCH3 is 1. The summed E-state index contributed by atoms with van der Waals surface area (Å²) in [6.45, 7) is 3.20. The van der Waals surface area contributed by atoms with Gasteiger partial charge in [0.2, 0.25) is 5.88 Å². The van der Waals surface area contributed by atoms with Crippen molar-refractivity contribution in [3.63, 3.8) is 0 Å². The van der Waals surface area contributed by atoms with Crippen molar-refractivity contribution in [1.82, 2.24) is 9.97 Å². The Kier molecular flexibility index (Phi) is 2.92. The maximum Gasteiger partial charge on any atom is 0.241 e. The molecular weight excluding hydrogens is 252 g/mol. The molecule has 0 unspecified atom stereocenters. The third-order valence-corrected chi connectivity index (χ3v) is 3.84. The number of thiazole rings is 1. The van der Waals surface area contributed by atoms with Gasteiger partial charge < -0.3 is 20.1 Å². The van der Waals surface area contributed by atoms with Crippen LogP contribution < -0.4 is 15.4 Å². The minimum atomic E-state index is 0.523. The second kappa shape index (κ2) is 4.58. The van der Waals surface area contributed by atoms with Crippen LogP contribution in [-0.4, -0.2) is 43.4 Å². The van der Waals surface area contributed by atoms with Gasteiger partial charge >= 0.3 is 0 Å². The van der Waals surface area contributed by atoms with Crippen molar-refractivity contribution in [2.45, 2.75) is 0 Å². The Morgan fingerprint density at radius 2 is 2.22 bits per heavy atom. The third-order valence-electron chi connectivity index (χ3n) is 2.93. The average molecular weight is 266 g/mol. The van der Waals surface area contributed by atoms with Crippen LogP contribution in [0.5, 0.6) is 5.88 Å². The van der Waals surface area contributed by atoms with Crippen LogP contribution in [0.25, 0.3) is 10.2 Å². The molecule has 7 heteroatoms. The number of fused-ring (bicyclic) bond motifs is 1. The van der Waals surface area contributed by atoms with E-state index < -0.39 is 0 Å². The van der Waals surface area contributed by atoms with Crippen LogP contribution in [0.15, 0.2) is 6.20 Å². The van der Waals surface area contributed by atoms with Crippen molar-refractivity contribution >= 4 is 32.4 Å². The van der Waals surface area contributed by atoms with Crippen LogP contribution in [0.4, 0.5) is 10.8 Å². The monoisotopic (exact) mass is 266 g/mol. The number of pyridine rings is 1. The molecule has 1 aliphatic rings. The minimum Gasteiger partial charge on any atom is -0.479 e. The molecule has 0 amide bonds. The van der Waals surface area contributed by atoms with Gasteiger partial charge in [-0.15, -0.1) is 0 Å². The summed E-state index contributed by atoms with van der Waals surface area (Å²) < 4.78 is 11.6.